The number of thioether (sulfide) groups is 1. The molecule has 0 bridgehead atoms. The van der Waals surface area contributed by atoms with Crippen molar-refractivity contribution in [1.29, 1.82) is 0 Å². The quantitative estimate of drug-likeness (QED) is 0.723. The Morgan fingerprint density at radius 3 is 2.80 bits per heavy atom. The van der Waals surface area contributed by atoms with Gasteiger partial charge in [-0.05, 0) is 24.0 Å². The summed E-state index contributed by atoms with van der Waals surface area (Å²) in [4.78, 5) is 14.9. The summed E-state index contributed by atoms with van der Waals surface area (Å²) in [5.74, 6) is 0.0868. The van der Waals surface area contributed by atoms with Gasteiger partial charge in [-0.2, -0.15) is 0 Å². The molecule has 1 amide bonds. The summed E-state index contributed by atoms with van der Waals surface area (Å²) >= 11 is 1.63. The van der Waals surface area contributed by atoms with Crippen molar-refractivity contribution in [3.63, 3.8) is 0 Å². The van der Waals surface area contributed by atoms with Gasteiger partial charge in [0.1, 0.15) is 0 Å². The molecule has 0 atom stereocenters. The fraction of sp³-hybridized carbons (Fsp3) is 0.250. The molecule has 0 aliphatic carbocycles. The molecule has 0 fully saturated rings. The van der Waals surface area contributed by atoms with E-state index in [1.54, 1.807) is 16.7 Å². The SMILES string of the molecule is CCC1=CSc2ccccc2C(=O)N1C. The van der Waals surface area contributed by atoms with Gasteiger partial charge in [-0.25, -0.2) is 0 Å². The molecule has 1 aromatic carbocycles. The largest absolute Gasteiger partial charge is 0.315 e. The van der Waals surface area contributed by atoms with E-state index in [2.05, 4.69) is 12.3 Å². The number of carbonyl (C=O) groups is 1. The molecule has 15 heavy (non-hydrogen) atoms. The number of benzene rings is 1. The Labute approximate surface area is 94.0 Å². The van der Waals surface area contributed by atoms with E-state index in [0.717, 1.165) is 22.6 Å². The highest BCUT2D eigenvalue weighted by Gasteiger charge is 2.20. The predicted molar refractivity (Wildman–Crippen MR) is 62.8 cm³/mol. The topological polar surface area (TPSA) is 20.3 Å². The number of hydrogen-bond donors (Lipinski definition) is 0. The maximum atomic E-state index is 12.1. The van der Waals surface area contributed by atoms with Crippen LogP contribution in [0.5, 0.6) is 0 Å². The first-order valence-corrected chi connectivity index (χ1v) is 5.84. The standard InChI is InChI=1S/C12H13NOS/c1-3-9-8-15-11-7-5-4-6-10(11)12(14)13(9)2/h4-8H,3H2,1-2H3. The maximum absolute atomic E-state index is 12.1. The third-order valence-corrected chi connectivity index (χ3v) is 3.54. The lowest BCUT2D eigenvalue weighted by Crippen LogP contribution is -2.25. The molecule has 1 heterocycles. The van der Waals surface area contributed by atoms with Crippen LogP contribution in [0.1, 0.15) is 23.7 Å². The van der Waals surface area contributed by atoms with Crippen LogP contribution in [0.3, 0.4) is 0 Å². The van der Waals surface area contributed by atoms with E-state index in [-0.39, 0.29) is 5.91 Å². The molecule has 0 unspecified atom stereocenters. The van der Waals surface area contributed by atoms with E-state index in [1.165, 1.54) is 0 Å². The number of nitrogens with zero attached hydrogens (tertiary/aromatic N) is 1. The van der Waals surface area contributed by atoms with Crippen LogP contribution in [0.4, 0.5) is 0 Å². The van der Waals surface area contributed by atoms with Crippen LogP contribution in [-0.4, -0.2) is 17.9 Å². The van der Waals surface area contributed by atoms with Crippen molar-refractivity contribution in [3.8, 4) is 0 Å². The normalized spacial score (nSPS) is 15.7. The number of hydrogen-bond acceptors (Lipinski definition) is 2. The summed E-state index contributed by atoms with van der Waals surface area (Å²) in [6.07, 6.45) is 0.878. The minimum absolute atomic E-state index is 0.0868. The summed E-state index contributed by atoms with van der Waals surface area (Å²) < 4.78 is 0. The Morgan fingerprint density at radius 1 is 1.33 bits per heavy atom. The fourth-order valence-corrected chi connectivity index (χ4v) is 2.62. The number of carbonyl (C=O) groups excluding carboxylic acids is 1. The molecule has 0 N–H and O–H groups in total. The summed E-state index contributed by atoms with van der Waals surface area (Å²) in [5.41, 5.74) is 1.87. The zero-order chi connectivity index (χ0) is 10.8. The summed E-state index contributed by atoms with van der Waals surface area (Å²) in [6.45, 7) is 2.06. The highest BCUT2D eigenvalue weighted by molar-refractivity contribution is 8.02. The van der Waals surface area contributed by atoms with Crippen molar-refractivity contribution >= 4 is 17.7 Å². The Bertz CT molecular complexity index is 425. The molecule has 1 aromatic rings. The molecule has 78 valence electrons. The molecule has 0 spiro atoms. The van der Waals surface area contributed by atoms with Gasteiger partial charge in [0.25, 0.3) is 5.91 Å². The van der Waals surface area contributed by atoms with E-state index in [4.69, 9.17) is 0 Å². The zero-order valence-corrected chi connectivity index (χ0v) is 9.67. The average Bonchev–Trinajstić information content (AvgIpc) is 2.39. The lowest BCUT2D eigenvalue weighted by molar-refractivity contribution is 0.0831. The Hall–Kier alpha value is -1.22. The first-order valence-electron chi connectivity index (χ1n) is 4.97. The van der Waals surface area contributed by atoms with Crippen molar-refractivity contribution < 1.29 is 4.79 Å². The van der Waals surface area contributed by atoms with Crippen molar-refractivity contribution in [2.24, 2.45) is 0 Å². The monoisotopic (exact) mass is 219 g/mol. The van der Waals surface area contributed by atoms with E-state index >= 15 is 0 Å². The van der Waals surface area contributed by atoms with Crippen molar-refractivity contribution in [1.82, 2.24) is 4.90 Å². The Balaban J connectivity index is 2.48. The van der Waals surface area contributed by atoms with Crippen molar-refractivity contribution in [2.75, 3.05) is 7.05 Å². The zero-order valence-electron chi connectivity index (χ0n) is 8.86. The van der Waals surface area contributed by atoms with Gasteiger partial charge >= 0.3 is 0 Å². The second-order valence-corrected chi connectivity index (χ2v) is 4.35. The molecule has 2 rings (SSSR count). The molecule has 1 aliphatic rings. The predicted octanol–water partition coefficient (Wildman–Crippen LogP) is 3.12. The molecule has 0 saturated carbocycles. The summed E-state index contributed by atoms with van der Waals surface area (Å²) in [5, 5.41) is 2.06. The first-order chi connectivity index (χ1) is 7.24. The molecule has 3 heteroatoms. The maximum Gasteiger partial charge on any atom is 0.258 e. The van der Waals surface area contributed by atoms with E-state index in [0.29, 0.717) is 0 Å². The number of fused-ring (bicyclic) bond motifs is 1. The molecular weight excluding hydrogens is 206 g/mol. The van der Waals surface area contributed by atoms with Gasteiger partial charge in [-0.1, -0.05) is 30.8 Å². The summed E-state index contributed by atoms with van der Waals surface area (Å²) in [6, 6.07) is 7.74. The smallest absolute Gasteiger partial charge is 0.258 e. The van der Waals surface area contributed by atoms with Crippen LogP contribution in [-0.2, 0) is 0 Å². The van der Waals surface area contributed by atoms with E-state index < -0.39 is 0 Å². The highest BCUT2D eigenvalue weighted by Crippen LogP contribution is 2.31. The fourth-order valence-electron chi connectivity index (χ4n) is 1.59. The average molecular weight is 219 g/mol. The molecule has 0 radical (unpaired) electrons. The van der Waals surface area contributed by atoms with Gasteiger partial charge in [0.05, 0.1) is 5.56 Å². The molecule has 1 aliphatic heterocycles. The summed E-state index contributed by atoms with van der Waals surface area (Å²) in [7, 11) is 1.83. The first kappa shape index (κ1) is 10.3. The van der Waals surface area contributed by atoms with Crippen LogP contribution in [0.15, 0.2) is 40.3 Å². The molecule has 0 saturated heterocycles. The number of amides is 1. The molecule has 2 nitrogen and oxygen atoms in total. The van der Waals surface area contributed by atoms with Gasteiger partial charge in [0, 0.05) is 17.6 Å². The Kier molecular flexibility index (Phi) is 2.82. The van der Waals surface area contributed by atoms with E-state index in [9.17, 15) is 4.79 Å². The molecule has 0 aromatic heterocycles. The lowest BCUT2D eigenvalue weighted by atomic mass is 10.2. The van der Waals surface area contributed by atoms with Gasteiger partial charge in [-0.3, -0.25) is 4.79 Å². The third kappa shape index (κ3) is 1.79. The van der Waals surface area contributed by atoms with Crippen molar-refractivity contribution in [2.45, 2.75) is 18.2 Å². The van der Waals surface area contributed by atoms with Gasteiger partial charge < -0.3 is 4.90 Å². The van der Waals surface area contributed by atoms with Crippen molar-refractivity contribution in [3.05, 3.63) is 40.9 Å². The third-order valence-electron chi connectivity index (χ3n) is 2.54. The minimum atomic E-state index is 0.0868. The number of allylic oxidation sites excluding steroid dienone is 1. The van der Waals surface area contributed by atoms with Crippen LogP contribution < -0.4 is 0 Å². The number of rotatable bonds is 1. The van der Waals surface area contributed by atoms with E-state index in [1.807, 2.05) is 31.3 Å². The van der Waals surface area contributed by atoms with Crippen LogP contribution in [0, 0.1) is 0 Å². The van der Waals surface area contributed by atoms with Crippen LogP contribution >= 0.6 is 11.8 Å². The second kappa shape index (κ2) is 4.11. The van der Waals surface area contributed by atoms with Gasteiger partial charge in [0.2, 0.25) is 0 Å². The van der Waals surface area contributed by atoms with Crippen LogP contribution in [0.25, 0.3) is 0 Å². The highest BCUT2D eigenvalue weighted by atomic mass is 32.2. The second-order valence-electron chi connectivity index (χ2n) is 3.44. The van der Waals surface area contributed by atoms with Gasteiger partial charge in [-0.15, -0.1) is 0 Å². The van der Waals surface area contributed by atoms with Crippen LogP contribution in [0.2, 0.25) is 0 Å². The van der Waals surface area contributed by atoms with Gasteiger partial charge in [0.15, 0.2) is 0 Å². The molecular formula is C12H13NOS. The lowest BCUT2D eigenvalue weighted by Gasteiger charge is -2.17. The minimum Gasteiger partial charge on any atom is -0.315 e. The Morgan fingerprint density at radius 2 is 2.07 bits per heavy atom.